The van der Waals surface area contributed by atoms with Crippen molar-refractivity contribution < 1.29 is 4.79 Å². The van der Waals surface area contributed by atoms with Gasteiger partial charge in [-0.25, -0.2) is 0 Å². The normalized spacial score (nSPS) is 34.1. The molecular weight excluding hydrogens is 112 g/mol. The van der Waals surface area contributed by atoms with Crippen LogP contribution in [0.5, 0.6) is 0 Å². The van der Waals surface area contributed by atoms with Crippen molar-refractivity contribution in [1.82, 2.24) is 0 Å². The van der Waals surface area contributed by atoms with E-state index in [1.807, 2.05) is 0 Å². The van der Waals surface area contributed by atoms with Crippen LogP contribution in [0.1, 0.15) is 27.2 Å². The first-order valence-electron chi connectivity index (χ1n) is 3.51. The molecule has 0 saturated heterocycles. The van der Waals surface area contributed by atoms with Gasteiger partial charge < -0.3 is 4.79 Å². The zero-order chi connectivity index (χ0) is 7.07. The van der Waals surface area contributed by atoms with Gasteiger partial charge in [-0.15, -0.1) is 0 Å². The third-order valence-corrected chi connectivity index (χ3v) is 2.13. The van der Waals surface area contributed by atoms with Crippen molar-refractivity contribution in [2.24, 2.45) is 17.3 Å². The minimum Gasteiger partial charge on any atom is -0.303 e. The molecule has 52 valence electrons. The van der Waals surface area contributed by atoms with Gasteiger partial charge in [0.25, 0.3) is 0 Å². The maximum atomic E-state index is 10.2. The van der Waals surface area contributed by atoms with Gasteiger partial charge in [0, 0.05) is 5.92 Å². The summed E-state index contributed by atoms with van der Waals surface area (Å²) in [4.78, 5) is 10.2. The highest BCUT2D eigenvalue weighted by atomic mass is 16.1. The molecular formula is C8H14O. The Bertz CT molecular complexity index is 121. The zero-order valence-electron chi connectivity index (χ0n) is 6.35. The van der Waals surface area contributed by atoms with E-state index in [1.165, 1.54) is 0 Å². The second-order valence-corrected chi connectivity index (χ2v) is 4.01. The van der Waals surface area contributed by atoms with E-state index in [0.717, 1.165) is 12.7 Å². The lowest BCUT2D eigenvalue weighted by Crippen LogP contribution is -2.09. The fourth-order valence-electron chi connectivity index (χ4n) is 1.36. The van der Waals surface area contributed by atoms with Crippen molar-refractivity contribution in [2.75, 3.05) is 0 Å². The van der Waals surface area contributed by atoms with E-state index in [2.05, 4.69) is 20.8 Å². The Morgan fingerprint density at radius 1 is 1.44 bits per heavy atom. The molecule has 1 nitrogen and oxygen atoms in total. The Morgan fingerprint density at radius 3 is 2.11 bits per heavy atom. The van der Waals surface area contributed by atoms with Crippen LogP contribution in [0.4, 0.5) is 0 Å². The Hall–Kier alpha value is -0.330. The number of carbonyl (C=O) groups excluding carboxylic acids is 1. The molecule has 0 N–H and O–H groups in total. The molecule has 1 saturated carbocycles. The van der Waals surface area contributed by atoms with Gasteiger partial charge in [-0.1, -0.05) is 20.8 Å². The van der Waals surface area contributed by atoms with E-state index >= 15 is 0 Å². The lowest BCUT2D eigenvalue weighted by Gasteiger charge is -2.16. The van der Waals surface area contributed by atoms with Crippen LogP contribution >= 0.6 is 0 Å². The average Bonchev–Trinajstić information content (AvgIpc) is 2.39. The third kappa shape index (κ3) is 1.32. The maximum absolute atomic E-state index is 10.2. The fraction of sp³-hybridized carbons (Fsp3) is 0.875. The second kappa shape index (κ2) is 1.83. The summed E-state index contributed by atoms with van der Waals surface area (Å²) in [7, 11) is 0. The van der Waals surface area contributed by atoms with Gasteiger partial charge in [-0.2, -0.15) is 0 Å². The molecule has 0 aromatic carbocycles. The zero-order valence-corrected chi connectivity index (χ0v) is 6.35. The fourth-order valence-corrected chi connectivity index (χ4v) is 1.36. The summed E-state index contributed by atoms with van der Waals surface area (Å²) in [6.45, 7) is 6.59. The van der Waals surface area contributed by atoms with Gasteiger partial charge in [0.2, 0.25) is 0 Å². The van der Waals surface area contributed by atoms with Crippen LogP contribution in [0.25, 0.3) is 0 Å². The van der Waals surface area contributed by atoms with E-state index in [9.17, 15) is 4.79 Å². The molecule has 1 aliphatic carbocycles. The molecule has 0 unspecified atom stereocenters. The summed E-state index contributed by atoms with van der Waals surface area (Å²) >= 11 is 0. The van der Waals surface area contributed by atoms with Gasteiger partial charge in [-0.3, -0.25) is 0 Å². The van der Waals surface area contributed by atoms with Crippen molar-refractivity contribution in [3.63, 3.8) is 0 Å². The van der Waals surface area contributed by atoms with Crippen molar-refractivity contribution >= 4 is 6.29 Å². The molecule has 0 aromatic heterocycles. The Labute approximate surface area is 56.4 Å². The quantitative estimate of drug-likeness (QED) is 0.490. The molecule has 0 heterocycles. The van der Waals surface area contributed by atoms with Crippen molar-refractivity contribution in [3.8, 4) is 0 Å². The monoisotopic (exact) mass is 126 g/mol. The minimum absolute atomic E-state index is 0.353. The highest BCUT2D eigenvalue weighted by Gasteiger charge is 2.44. The number of hydrogen-bond donors (Lipinski definition) is 0. The van der Waals surface area contributed by atoms with Crippen LogP contribution in [0.2, 0.25) is 0 Å². The summed E-state index contributed by atoms with van der Waals surface area (Å²) in [5.41, 5.74) is 0.353. The molecule has 1 heteroatoms. The topological polar surface area (TPSA) is 17.1 Å². The summed E-state index contributed by atoms with van der Waals surface area (Å²) in [6.07, 6.45) is 2.21. The Kier molecular flexibility index (Phi) is 1.38. The van der Waals surface area contributed by atoms with E-state index in [4.69, 9.17) is 0 Å². The maximum Gasteiger partial charge on any atom is 0.123 e. The van der Waals surface area contributed by atoms with Crippen LogP contribution in [-0.4, -0.2) is 6.29 Å². The smallest absolute Gasteiger partial charge is 0.123 e. The van der Waals surface area contributed by atoms with Gasteiger partial charge in [0.05, 0.1) is 0 Å². The molecule has 1 rings (SSSR count). The lowest BCUT2D eigenvalue weighted by molar-refractivity contribution is -0.109. The first-order valence-corrected chi connectivity index (χ1v) is 3.51. The first-order chi connectivity index (χ1) is 4.05. The third-order valence-electron chi connectivity index (χ3n) is 2.13. The highest BCUT2D eigenvalue weighted by molar-refractivity contribution is 5.58. The van der Waals surface area contributed by atoms with E-state index in [1.54, 1.807) is 0 Å². The Balaban J connectivity index is 2.42. The molecule has 0 aliphatic heterocycles. The number of aldehydes is 1. The van der Waals surface area contributed by atoms with Gasteiger partial charge in [0.1, 0.15) is 6.29 Å². The minimum atomic E-state index is 0.353. The molecule has 1 fully saturated rings. The molecule has 9 heavy (non-hydrogen) atoms. The van der Waals surface area contributed by atoms with E-state index in [0.29, 0.717) is 17.3 Å². The van der Waals surface area contributed by atoms with Gasteiger partial charge in [0.15, 0.2) is 0 Å². The second-order valence-electron chi connectivity index (χ2n) is 4.01. The van der Waals surface area contributed by atoms with Crippen LogP contribution in [0, 0.1) is 17.3 Å². The van der Waals surface area contributed by atoms with Crippen LogP contribution in [-0.2, 0) is 4.79 Å². The van der Waals surface area contributed by atoms with E-state index < -0.39 is 0 Å². The summed E-state index contributed by atoms with van der Waals surface area (Å²) in [5.74, 6) is 1.04. The summed E-state index contributed by atoms with van der Waals surface area (Å²) < 4.78 is 0. The molecule has 2 atom stereocenters. The van der Waals surface area contributed by atoms with Crippen LogP contribution < -0.4 is 0 Å². The van der Waals surface area contributed by atoms with Crippen LogP contribution in [0.3, 0.4) is 0 Å². The number of hydrogen-bond acceptors (Lipinski definition) is 1. The highest BCUT2D eigenvalue weighted by Crippen LogP contribution is 2.49. The first kappa shape index (κ1) is 6.79. The molecule has 0 spiro atoms. The van der Waals surface area contributed by atoms with Gasteiger partial charge in [-0.05, 0) is 17.8 Å². The number of carbonyl (C=O) groups is 1. The van der Waals surface area contributed by atoms with Crippen molar-refractivity contribution in [3.05, 3.63) is 0 Å². The predicted molar refractivity (Wildman–Crippen MR) is 37.1 cm³/mol. The Morgan fingerprint density at radius 2 is 2.00 bits per heavy atom. The van der Waals surface area contributed by atoms with E-state index in [-0.39, 0.29) is 0 Å². The SMILES string of the molecule is CC(C)(C)[C@H]1C[C@@H]1C=O. The molecule has 0 radical (unpaired) electrons. The number of rotatable bonds is 1. The molecule has 0 bridgehead atoms. The predicted octanol–water partition coefficient (Wildman–Crippen LogP) is 1.87. The van der Waals surface area contributed by atoms with Crippen LogP contribution in [0.15, 0.2) is 0 Å². The largest absolute Gasteiger partial charge is 0.303 e. The van der Waals surface area contributed by atoms with Crippen molar-refractivity contribution in [2.45, 2.75) is 27.2 Å². The average molecular weight is 126 g/mol. The van der Waals surface area contributed by atoms with Gasteiger partial charge >= 0.3 is 0 Å². The molecule has 0 aromatic rings. The molecule has 0 amide bonds. The summed E-state index contributed by atoms with van der Waals surface area (Å²) in [6, 6.07) is 0. The standard InChI is InChI=1S/C8H14O/c1-8(2,3)7-4-6(7)5-9/h5-7H,4H2,1-3H3/t6-,7+/m1/s1. The summed E-state index contributed by atoms with van der Waals surface area (Å²) in [5, 5.41) is 0. The molecule has 1 aliphatic rings. The lowest BCUT2D eigenvalue weighted by atomic mass is 9.89. The van der Waals surface area contributed by atoms with Crippen molar-refractivity contribution in [1.29, 1.82) is 0 Å².